The Bertz CT molecular complexity index is 620. The zero-order valence-corrected chi connectivity index (χ0v) is 12.2. The summed E-state index contributed by atoms with van der Waals surface area (Å²) in [5.41, 5.74) is 1.30. The number of rotatable bonds is 3. The number of fused-ring (bicyclic) bond motifs is 1. The minimum absolute atomic E-state index is 0.334. The van der Waals surface area contributed by atoms with Crippen LogP contribution in [-0.2, 0) is 11.2 Å². The third-order valence-corrected chi connectivity index (χ3v) is 4.90. The number of thioether (sulfide) groups is 1. The van der Waals surface area contributed by atoms with Gasteiger partial charge in [-0.05, 0) is 42.4 Å². The molecule has 1 saturated heterocycles. The molecule has 0 radical (unpaired) electrons. The van der Waals surface area contributed by atoms with Crippen LogP contribution in [0.1, 0.15) is 29.0 Å². The zero-order chi connectivity index (χ0) is 13.9. The van der Waals surface area contributed by atoms with Crippen molar-refractivity contribution in [3.05, 3.63) is 29.7 Å². The predicted molar refractivity (Wildman–Crippen MR) is 78.1 cm³/mol. The van der Waals surface area contributed by atoms with Gasteiger partial charge in [-0.1, -0.05) is 0 Å². The number of carbonyl (C=O) groups excluding carboxylic acids is 1. The molecule has 0 spiro atoms. The molecule has 3 heterocycles. The summed E-state index contributed by atoms with van der Waals surface area (Å²) in [4.78, 5) is 11.6. The van der Waals surface area contributed by atoms with Crippen molar-refractivity contribution in [2.75, 3.05) is 18.6 Å². The van der Waals surface area contributed by atoms with Crippen LogP contribution in [0.25, 0.3) is 5.65 Å². The fraction of sp³-hybridized carbons (Fsp3) is 0.500. The topological polar surface area (TPSA) is 56.5 Å². The molecule has 1 aliphatic heterocycles. The summed E-state index contributed by atoms with van der Waals surface area (Å²) < 4.78 is 6.66. The molecule has 0 amide bonds. The number of esters is 1. The minimum atomic E-state index is -0.334. The molecule has 3 rings (SSSR count). The highest BCUT2D eigenvalue weighted by Crippen LogP contribution is 2.25. The Balaban J connectivity index is 1.88. The Kier molecular flexibility index (Phi) is 3.91. The van der Waals surface area contributed by atoms with E-state index >= 15 is 0 Å². The van der Waals surface area contributed by atoms with Crippen LogP contribution in [0.4, 0.5) is 0 Å². The van der Waals surface area contributed by atoms with Crippen LogP contribution in [0.15, 0.2) is 18.3 Å². The van der Waals surface area contributed by atoms with Gasteiger partial charge in [-0.15, -0.1) is 10.2 Å². The smallest absolute Gasteiger partial charge is 0.339 e. The Morgan fingerprint density at radius 1 is 1.50 bits per heavy atom. The molecule has 0 aliphatic carbocycles. The highest BCUT2D eigenvalue weighted by molar-refractivity contribution is 7.99. The molecule has 0 aromatic carbocycles. The van der Waals surface area contributed by atoms with Crippen LogP contribution in [0.5, 0.6) is 0 Å². The van der Waals surface area contributed by atoms with E-state index in [1.165, 1.54) is 31.5 Å². The van der Waals surface area contributed by atoms with Crippen LogP contribution in [0, 0.1) is 5.92 Å². The minimum Gasteiger partial charge on any atom is -0.465 e. The van der Waals surface area contributed by atoms with Gasteiger partial charge < -0.3 is 4.74 Å². The first-order valence-corrected chi connectivity index (χ1v) is 7.93. The number of carbonyl (C=O) groups is 1. The van der Waals surface area contributed by atoms with Gasteiger partial charge in [-0.2, -0.15) is 11.8 Å². The van der Waals surface area contributed by atoms with E-state index in [2.05, 4.69) is 10.2 Å². The molecule has 0 bridgehead atoms. The molecule has 0 N–H and O–H groups in total. The molecular weight excluding hydrogens is 274 g/mol. The van der Waals surface area contributed by atoms with Crippen molar-refractivity contribution in [1.29, 1.82) is 0 Å². The maximum atomic E-state index is 11.6. The van der Waals surface area contributed by atoms with E-state index in [1.54, 1.807) is 18.3 Å². The molecule has 1 fully saturated rings. The zero-order valence-electron chi connectivity index (χ0n) is 11.4. The van der Waals surface area contributed by atoms with Crippen LogP contribution >= 0.6 is 11.8 Å². The van der Waals surface area contributed by atoms with E-state index in [-0.39, 0.29) is 5.97 Å². The molecule has 2 aromatic heterocycles. The van der Waals surface area contributed by atoms with Gasteiger partial charge >= 0.3 is 5.97 Å². The first-order chi connectivity index (χ1) is 9.78. The van der Waals surface area contributed by atoms with Gasteiger partial charge in [-0.3, -0.25) is 4.40 Å². The number of ether oxygens (including phenoxy) is 1. The first kappa shape index (κ1) is 13.4. The molecule has 1 atom stereocenters. The fourth-order valence-corrected chi connectivity index (χ4v) is 3.70. The number of aromatic nitrogens is 3. The second-order valence-electron chi connectivity index (χ2n) is 5.04. The van der Waals surface area contributed by atoms with Crippen molar-refractivity contribution in [2.45, 2.75) is 19.3 Å². The van der Waals surface area contributed by atoms with E-state index < -0.39 is 0 Å². The standard InChI is InChI=1S/C14H17N3O2S/c1-19-14(18)11-4-5-12-15-16-13(17(12)8-11)7-10-3-2-6-20-9-10/h4-5,8,10H,2-3,6-7,9H2,1H3. The summed E-state index contributed by atoms with van der Waals surface area (Å²) >= 11 is 2.01. The third kappa shape index (κ3) is 2.65. The molecule has 1 unspecified atom stereocenters. The average Bonchev–Trinajstić information content (AvgIpc) is 2.90. The fourth-order valence-electron chi connectivity index (χ4n) is 2.54. The maximum absolute atomic E-state index is 11.6. The Morgan fingerprint density at radius 3 is 3.15 bits per heavy atom. The Morgan fingerprint density at radius 2 is 2.40 bits per heavy atom. The van der Waals surface area contributed by atoms with Gasteiger partial charge in [0.25, 0.3) is 0 Å². The van der Waals surface area contributed by atoms with Gasteiger partial charge in [-0.25, -0.2) is 4.79 Å². The van der Waals surface area contributed by atoms with Gasteiger partial charge in [0.05, 0.1) is 12.7 Å². The summed E-state index contributed by atoms with van der Waals surface area (Å²) in [6, 6.07) is 3.52. The summed E-state index contributed by atoms with van der Waals surface area (Å²) in [5.74, 6) is 3.70. The van der Waals surface area contributed by atoms with Gasteiger partial charge in [0, 0.05) is 12.6 Å². The van der Waals surface area contributed by atoms with Gasteiger partial charge in [0.15, 0.2) is 5.65 Å². The SMILES string of the molecule is COC(=O)c1ccc2nnc(CC3CCCSC3)n2c1. The second-order valence-corrected chi connectivity index (χ2v) is 6.19. The van der Waals surface area contributed by atoms with E-state index in [0.29, 0.717) is 11.5 Å². The maximum Gasteiger partial charge on any atom is 0.339 e. The summed E-state index contributed by atoms with van der Waals surface area (Å²) in [6.07, 6.45) is 5.21. The van der Waals surface area contributed by atoms with Crippen molar-refractivity contribution >= 4 is 23.4 Å². The van der Waals surface area contributed by atoms with E-state index in [0.717, 1.165) is 17.9 Å². The molecule has 106 valence electrons. The lowest BCUT2D eigenvalue weighted by atomic mass is 10.0. The van der Waals surface area contributed by atoms with Crippen molar-refractivity contribution in [3.8, 4) is 0 Å². The van der Waals surface area contributed by atoms with E-state index in [1.807, 2.05) is 16.2 Å². The highest BCUT2D eigenvalue weighted by atomic mass is 32.2. The number of nitrogens with zero attached hydrogens (tertiary/aromatic N) is 3. The summed E-state index contributed by atoms with van der Waals surface area (Å²) in [6.45, 7) is 0. The Hall–Kier alpha value is -1.56. The van der Waals surface area contributed by atoms with Gasteiger partial charge in [0.2, 0.25) is 0 Å². The van der Waals surface area contributed by atoms with E-state index in [9.17, 15) is 4.79 Å². The molecule has 0 saturated carbocycles. The molecular formula is C14H17N3O2S. The highest BCUT2D eigenvalue weighted by Gasteiger charge is 2.18. The van der Waals surface area contributed by atoms with E-state index in [4.69, 9.17) is 4.74 Å². The summed E-state index contributed by atoms with van der Waals surface area (Å²) in [5, 5.41) is 8.43. The number of hydrogen-bond donors (Lipinski definition) is 0. The number of methoxy groups -OCH3 is 1. The number of hydrogen-bond acceptors (Lipinski definition) is 5. The molecule has 2 aromatic rings. The largest absolute Gasteiger partial charge is 0.465 e. The van der Waals surface area contributed by atoms with Crippen LogP contribution in [-0.4, -0.2) is 39.2 Å². The van der Waals surface area contributed by atoms with Crippen molar-refractivity contribution in [3.63, 3.8) is 0 Å². The Labute approximate surface area is 121 Å². The van der Waals surface area contributed by atoms with Crippen molar-refractivity contribution in [2.24, 2.45) is 5.92 Å². The normalized spacial score (nSPS) is 19.1. The van der Waals surface area contributed by atoms with Crippen molar-refractivity contribution < 1.29 is 9.53 Å². The molecule has 5 nitrogen and oxygen atoms in total. The number of pyridine rings is 1. The van der Waals surface area contributed by atoms with Crippen molar-refractivity contribution in [1.82, 2.24) is 14.6 Å². The lowest BCUT2D eigenvalue weighted by molar-refractivity contribution is 0.0600. The monoisotopic (exact) mass is 291 g/mol. The lowest BCUT2D eigenvalue weighted by Gasteiger charge is -2.20. The summed E-state index contributed by atoms with van der Waals surface area (Å²) in [7, 11) is 1.39. The third-order valence-electron chi connectivity index (χ3n) is 3.62. The van der Waals surface area contributed by atoms with Crippen LogP contribution < -0.4 is 0 Å². The lowest BCUT2D eigenvalue weighted by Crippen LogP contribution is -2.15. The van der Waals surface area contributed by atoms with Crippen LogP contribution in [0.3, 0.4) is 0 Å². The molecule has 20 heavy (non-hydrogen) atoms. The van der Waals surface area contributed by atoms with Gasteiger partial charge in [0.1, 0.15) is 5.82 Å². The quantitative estimate of drug-likeness (QED) is 0.811. The first-order valence-electron chi connectivity index (χ1n) is 6.77. The molecule has 1 aliphatic rings. The molecule has 6 heteroatoms. The predicted octanol–water partition coefficient (Wildman–Crippen LogP) is 2.20. The van der Waals surface area contributed by atoms with Crippen LogP contribution in [0.2, 0.25) is 0 Å². The second kappa shape index (κ2) is 5.83. The average molecular weight is 291 g/mol.